The second-order valence-electron chi connectivity index (χ2n) is 7.23. The molecule has 1 aliphatic rings. The number of hydrogen-bond donors (Lipinski definition) is 2. The van der Waals surface area contributed by atoms with Gasteiger partial charge in [-0.05, 0) is 50.5 Å². The molecule has 2 N–H and O–H groups in total. The lowest BCUT2D eigenvalue weighted by molar-refractivity contribution is -0.136. The normalized spacial score (nSPS) is 12.0. The van der Waals surface area contributed by atoms with Crippen molar-refractivity contribution >= 4 is 17.7 Å². The van der Waals surface area contributed by atoms with Crippen LogP contribution in [0.25, 0.3) is 0 Å². The average molecular weight is 471 g/mol. The number of aliphatic carboxylic acids is 1. The number of rotatable bonds is 4. The zero-order valence-electron chi connectivity index (χ0n) is 22.1. The van der Waals surface area contributed by atoms with Crippen molar-refractivity contribution in [2.75, 3.05) is 11.9 Å². The maximum Gasteiger partial charge on any atom is 0.303 e. The zero-order chi connectivity index (χ0) is 26.3. The van der Waals surface area contributed by atoms with Gasteiger partial charge in [0.15, 0.2) is 0 Å². The Morgan fingerprint density at radius 3 is 2.29 bits per heavy atom. The second-order valence-corrected chi connectivity index (χ2v) is 7.23. The minimum Gasteiger partial charge on any atom is -0.481 e. The van der Waals surface area contributed by atoms with E-state index in [0.717, 1.165) is 28.2 Å². The summed E-state index contributed by atoms with van der Waals surface area (Å²) in [5.74, 6) is -0.0598. The minimum atomic E-state index is -0.826. The number of aryl methyl sites for hydroxylation is 3. The highest BCUT2D eigenvalue weighted by atomic mass is 16.4. The highest BCUT2D eigenvalue weighted by Gasteiger charge is 2.24. The molecule has 0 spiro atoms. The molecule has 2 heterocycles. The Bertz CT molecular complexity index is 957. The summed E-state index contributed by atoms with van der Waals surface area (Å²) in [6.45, 7) is 18.8. The fraction of sp³-hybridized carbons (Fsp3) is 0.444. The highest BCUT2D eigenvalue weighted by molar-refractivity contribution is 5.95. The molecule has 0 saturated carbocycles. The van der Waals surface area contributed by atoms with Crippen molar-refractivity contribution in [3.8, 4) is 0 Å². The van der Waals surface area contributed by atoms with Crippen molar-refractivity contribution in [2.24, 2.45) is 7.05 Å². The topological polar surface area (TPSA) is 87.5 Å². The number of fused-ring (bicyclic) bond motifs is 1. The number of carboxylic acids is 1. The largest absolute Gasteiger partial charge is 0.481 e. The maximum absolute atomic E-state index is 13.0. The van der Waals surface area contributed by atoms with Gasteiger partial charge < -0.3 is 15.3 Å². The van der Waals surface area contributed by atoms with Crippen molar-refractivity contribution in [1.29, 1.82) is 0 Å². The standard InChI is InChI=1S/C19H22N4O3.C4H8.2C2H6/c1-12-8-15(5-4-14(12)6-7-17(24)25)19(26)23-10-13(2)21-18-16(11-23)9-20-22(18)3;1-3-4-2;2*1-2/h4-5,8-9,21H,2,6-7,10-11H2,1,3H3,(H,24,25);3-4H,1-2H3;2*1-2H3/b;4-3-;;. The van der Waals surface area contributed by atoms with Gasteiger partial charge in [-0.2, -0.15) is 5.10 Å². The molecule has 34 heavy (non-hydrogen) atoms. The van der Waals surface area contributed by atoms with Crippen LogP contribution in [0, 0.1) is 6.92 Å². The SMILES string of the molecule is C/C=C\C.C=C1CN(C(=O)c2ccc(CCC(=O)O)c(C)c2)Cc2cnn(C)c2N1.CC.CC. The lowest BCUT2D eigenvalue weighted by Gasteiger charge is -2.21. The van der Waals surface area contributed by atoms with Crippen LogP contribution in [0.1, 0.15) is 75.0 Å². The number of allylic oxidation sites excluding steroid dienone is 2. The molecule has 0 fully saturated rings. The Morgan fingerprint density at radius 2 is 1.76 bits per heavy atom. The molecule has 0 saturated heterocycles. The van der Waals surface area contributed by atoms with E-state index in [1.807, 2.05) is 79.8 Å². The molecule has 2 aromatic rings. The summed E-state index contributed by atoms with van der Waals surface area (Å²) in [5.41, 5.74) is 4.12. The summed E-state index contributed by atoms with van der Waals surface area (Å²) in [4.78, 5) is 25.5. The molecule has 3 rings (SSSR count). The van der Waals surface area contributed by atoms with Gasteiger partial charge in [-0.3, -0.25) is 14.3 Å². The summed E-state index contributed by atoms with van der Waals surface area (Å²) in [6, 6.07) is 5.43. The second kappa shape index (κ2) is 16.3. The monoisotopic (exact) mass is 470 g/mol. The third kappa shape index (κ3) is 9.25. The molecule has 7 nitrogen and oxygen atoms in total. The number of nitrogens with zero attached hydrogens (tertiary/aromatic N) is 3. The van der Waals surface area contributed by atoms with Crippen LogP contribution in [0.3, 0.4) is 0 Å². The molecule has 188 valence electrons. The fourth-order valence-electron chi connectivity index (χ4n) is 3.14. The molecule has 1 amide bonds. The van der Waals surface area contributed by atoms with E-state index < -0.39 is 5.97 Å². The summed E-state index contributed by atoms with van der Waals surface area (Å²) >= 11 is 0. The maximum atomic E-state index is 13.0. The van der Waals surface area contributed by atoms with Crippen LogP contribution in [0.15, 0.2) is 48.8 Å². The van der Waals surface area contributed by atoms with Gasteiger partial charge in [0.05, 0.1) is 19.3 Å². The predicted molar refractivity (Wildman–Crippen MR) is 141 cm³/mol. The summed E-state index contributed by atoms with van der Waals surface area (Å²) in [6.07, 6.45) is 6.29. The Balaban J connectivity index is 0.00000121. The van der Waals surface area contributed by atoms with Crippen LogP contribution in [0.4, 0.5) is 5.82 Å². The molecule has 1 aliphatic heterocycles. The van der Waals surface area contributed by atoms with Crippen molar-refractivity contribution in [1.82, 2.24) is 14.7 Å². The van der Waals surface area contributed by atoms with E-state index in [1.54, 1.807) is 21.8 Å². The molecule has 0 radical (unpaired) electrons. The third-order valence-electron chi connectivity index (χ3n) is 4.87. The van der Waals surface area contributed by atoms with Crippen LogP contribution in [-0.2, 0) is 24.8 Å². The van der Waals surface area contributed by atoms with E-state index in [9.17, 15) is 9.59 Å². The van der Waals surface area contributed by atoms with Gasteiger partial charge in [0.2, 0.25) is 0 Å². The molecule has 0 atom stereocenters. The van der Waals surface area contributed by atoms with Gasteiger partial charge in [-0.1, -0.05) is 52.5 Å². The average Bonchev–Trinajstić information content (AvgIpc) is 3.08. The first-order chi connectivity index (χ1) is 16.3. The van der Waals surface area contributed by atoms with Gasteiger partial charge in [0.25, 0.3) is 5.91 Å². The first-order valence-corrected chi connectivity index (χ1v) is 11.9. The molecule has 1 aromatic heterocycles. The van der Waals surface area contributed by atoms with E-state index in [4.69, 9.17) is 5.11 Å². The smallest absolute Gasteiger partial charge is 0.303 e. The quantitative estimate of drug-likeness (QED) is 0.538. The van der Waals surface area contributed by atoms with E-state index >= 15 is 0 Å². The van der Waals surface area contributed by atoms with Gasteiger partial charge in [0, 0.05) is 30.3 Å². The van der Waals surface area contributed by atoms with Gasteiger partial charge in [-0.25, -0.2) is 0 Å². The molecule has 1 aromatic carbocycles. The van der Waals surface area contributed by atoms with E-state index in [1.165, 1.54) is 0 Å². The number of hydrogen-bond acceptors (Lipinski definition) is 4. The molecule has 7 heteroatoms. The van der Waals surface area contributed by atoms with Crippen molar-refractivity contribution < 1.29 is 14.7 Å². The van der Waals surface area contributed by atoms with Crippen LogP contribution < -0.4 is 5.32 Å². The number of carboxylic acid groups (broad SMARTS) is 1. The molecular formula is C27H42N4O3. The number of aromatic nitrogens is 2. The van der Waals surface area contributed by atoms with Gasteiger partial charge in [-0.15, -0.1) is 0 Å². The van der Waals surface area contributed by atoms with E-state index in [0.29, 0.717) is 25.1 Å². The summed E-state index contributed by atoms with van der Waals surface area (Å²) in [7, 11) is 1.84. The summed E-state index contributed by atoms with van der Waals surface area (Å²) in [5, 5.41) is 16.3. The highest BCUT2D eigenvalue weighted by Crippen LogP contribution is 2.24. The number of nitrogens with one attached hydrogen (secondary N) is 1. The van der Waals surface area contributed by atoms with Crippen molar-refractivity contribution in [3.05, 3.63) is 71.1 Å². The van der Waals surface area contributed by atoms with E-state index in [-0.39, 0.29) is 12.3 Å². The van der Waals surface area contributed by atoms with Crippen LogP contribution in [0.2, 0.25) is 0 Å². The predicted octanol–water partition coefficient (Wildman–Crippen LogP) is 5.96. The number of carbonyl (C=O) groups is 2. The Hall–Kier alpha value is -3.35. The van der Waals surface area contributed by atoms with Gasteiger partial charge >= 0.3 is 5.97 Å². The van der Waals surface area contributed by atoms with Crippen LogP contribution in [-0.4, -0.2) is 38.2 Å². The van der Waals surface area contributed by atoms with Crippen LogP contribution in [0.5, 0.6) is 0 Å². The Morgan fingerprint density at radius 1 is 1.15 bits per heavy atom. The third-order valence-corrected chi connectivity index (χ3v) is 4.87. The fourth-order valence-corrected chi connectivity index (χ4v) is 3.14. The number of carbonyl (C=O) groups excluding carboxylic acids is 1. The Labute approximate surface area is 205 Å². The minimum absolute atomic E-state index is 0.0789. The van der Waals surface area contributed by atoms with Crippen molar-refractivity contribution in [3.63, 3.8) is 0 Å². The van der Waals surface area contributed by atoms with Crippen molar-refractivity contribution in [2.45, 2.75) is 67.9 Å². The lowest BCUT2D eigenvalue weighted by Crippen LogP contribution is -2.31. The first kappa shape index (κ1) is 30.6. The number of anilines is 1. The van der Waals surface area contributed by atoms with Gasteiger partial charge in [0.1, 0.15) is 5.82 Å². The first-order valence-electron chi connectivity index (χ1n) is 11.9. The molecule has 0 unspecified atom stereocenters. The van der Waals surface area contributed by atoms with E-state index in [2.05, 4.69) is 17.0 Å². The molecule has 0 aliphatic carbocycles. The summed E-state index contributed by atoms with van der Waals surface area (Å²) < 4.78 is 1.73. The van der Waals surface area contributed by atoms with Crippen LogP contribution >= 0.6 is 0 Å². The molecule has 0 bridgehead atoms. The molecular weight excluding hydrogens is 428 g/mol. The number of amides is 1. The Kier molecular flexibility index (Phi) is 14.7. The number of benzene rings is 1. The lowest BCUT2D eigenvalue weighted by atomic mass is 10.0. The zero-order valence-corrected chi connectivity index (χ0v) is 22.1.